The Hall–Kier alpha value is -2.54. The van der Waals surface area contributed by atoms with Gasteiger partial charge in [-0.2, -0.15) is 15.1 Å². The summed E-state index contributed by atoms with van der Waals surface area (Å²) in [6, 6.07) is 5.98. The van der Waals surface area contributed by atoms with Gasteiger partial charge in [0.25, 0.3) is 0 Å². The van der Waals surface area contributed by atoms with Gasteiger partial charge >= 0.3 is 0 Å². The van der Waals surface area contributed by atoms with E-state index in [1.54, 1.807) is 18.0 Å². The van der Waals surface area contributed by atoms with E-state index in [0.717, 1.165) is 29.6 Å². The van der Waals surface area contributed by atoms with Gasteiger partial charge in [-0.1, -0.05) is 30.9 Å². The number of rotatable bonds is 5. The zero-order valence-electron chi connectivity index (χ0n) is 15.5. The minimum absolute atomic E-state index is 0.424. The van der Waals surface area contributed by atoms with Crippen molar-refractivity contribution in [3.05, 3.63) is 29.4 Å². The molecule has 1 aliphatic rings. The SMILES string of the molecule is COc1ccc(Nc2nc(NC3CCCCC3)nc3c2cnn3C)cc1Cl. The normalized spacial score (nSPS) is 15.1. The van der Waals surface area contributed by atoms with Gasteiger partial charge in [0.1, 0.15) is 11.6 Å². The van der Waals surface area contributed by atoms with Gasteiger partial charge in [-0.15, -0.1) is 0 Å². The van der Waals surface area contributed by atoms with Crippen LogP contribution in [0.15, 0.2) is 24.4 Å². The first-order valence-electron chi connectivity index (χ1n) is 9.21. The van der Waals surface area contributed by atoms with Crippen molar-refractivity contribution in [2.75, 3.05) is 17.7 Å². The third-order valence-electron chi connectivity index (χ3n) is 4.95. The Morgan fingerprint density at radius 3 is 2.74 bits per heavy atom. The maximum atomic E-state index is 6.25. The number of fused-ring (bicyclic) bond motifs is 1. The number of nitrogens with one attached hydrogen (secondary N) is 2. The van der Waals surface area contributed by atoms with Gasteiger partial charge < -0.3 is 15.4 Å². The molecule has 0 radical (unpaired) electrons. The van der Waals surface area contributed by atoms with E-state index in [2.05, 4.69) is 20.7 Å². The van der Waals surface area contributed by atoms with Crippen LogP contribution in [-0.2, 0) is 7.05 Å². The zero-order chi connectivity index (χ0) is 18.8. The summed E-state index contributed by atoms with van der Waals surface area (Å²) >= 11 is 6.25. The second-order valence-corrected chi connectivity index (χ2v) is 7.26. The van der Waals surface area contributed by atoms with E-state index < -0.39 is 0 Å². The molecular weight excluding hydrogens is 364 g/mol. The first kappa shape index (κ1) is 17.9. The van der Waals surface area contributed by atoms with E-state index in [1.807, 2.05) is 25.2 Å². The lowest BCUT2D eigenvalue weighted by atomic mass is 9.96. The van der Waals surface area contributed by atoms with E-state index >= 15 is 0 Å². The quantitative estimate of drug-likeness (QED) is 0.671. The molecular formula is C19H23ClN6O. The zero-order valence-corrected chi connectivity index (χ0v) is 16.3. The Labute approximate surface area is 163 Å². The topological polar surface area (TPSA) is 76.9 Å². The highest BCUT2D eigenvalue weighted by molar-refractivity contribution is 6.32. The summed E-state index contributed by atoms with van der Waals surface area (Å²) in [6.07, 6.45) is 7.90. The number of ether oxygens (including phenoxy) is 1. The second kappa shape index (κ2) is 7.60. The number of aryl methyl sites for hydroxylation is 1. The van der Waals surface area contributed by atoms with Gasteiger partial charge in [-0.25, -0.2) is 0 Å². The molecule has 1 aromatic carbocycles. The van der Waals surface area contributed by atoms with Crippen molar-refractivity contribution in [2.24, 2.45) is 7.05 Å². The summed E-state index contributed by atoms with van der Waals surface area (Å²) in [7, 11) is 3.48. The van der Waals surface area contributed by atoms with E-state index in [-0.39, 0.29) is 0 Å². The van der Waals surface area contributed by atoms with Crippen molar-refractivity contribution in [1.82, 2.24) is 19.7 Å². The fourth-order valence-electron chi connectivity index (χ4n) is 3.49. The smallest absolute Gasteiger partial charge is 0.226 e. The van der Waals surface area contributed by atoms with Crippen LogP contribution in [-0.4, -0.2) is 32.9 Å². The summed E-state index contributed by atoms with van der Waals surface area (Å²) in [6.45, 7) is 0. The molecule has 0 amide bonds. The Morgan fingerprint density at radius 1 is 1.19 bits per heavy atom. The fraction of sp³-hybridized carbons (Fsp3) is 0.421. The van der Waals surface area contributed by atoms with E-state index in [4.69, 9.17) is 21.3 Å². The van der Waals surface area contributed by atoms with Gasteiger partial charge in [-0.05, 0) is 31.0 Å². The third-order valence-corrected chi connectivity index (χ3v) is 5.24. The number of benzene rings is 1. The molecule has 1 saturated carbocycles. The minimum atomic E-state index is 0.424. The average molecular weight is 387 g/mol. The lowest BCUT2D eigenvalue weighted by Gasteiger charge is -2.23. The molecule has 0 spiro atoms. The standard InChI is InChI=1S/C19H23ClN6O/c1-26-18-14(11-21-26)17(22-13-8-9-16(27-2)15(20)10-13)24-19(25-18)23-12-6-4-3-5-7-12/h8-12H,3-7H2,1-2H3,(H2,22,23,24,25). The first-order chi connectivity index (χ1) is 13.1. The summed E-state index contributed by atoms with van der Waals surface area (Å²) in [5.74, 6) is 1.96. The van der Waals surface area contributed by atoms with E-state index in [0.29, 0.717) is 28.6 Å². The maximum Gasteiger partial charge on any atom is 0.226 e. The predicted octanol–water partition coefficient (Wildman–Crippen LogP) is 4.51. The fourth-order valence-corrected chi connectivity index (χ4v) is 3.75. The van der Waals surface area contributed by atoms with Crippen molar-refractivity contribution in [3.8, 4) is 5.75 Å². The largest absolute Gasteiger partial charge is 0.495 e. The van der Waals surface area contributed by atoms with Crippen LogP contribution in [0.4, 0.5) is 17.5 Å². The summed E-state index contributed by atoms with van der Waals surface area (Å²) < 4.78 is 6.98. The maximum absolute atomic E-state index is 6.25. The molecule has 27 heavy (non-hydrogen) atoms. The van der Waals surface area contributed by atoms with Gasteiger partial charge in [-0.3, -0.25) is 4.68 Å². The number of nitrogens with zero attached hydrogens (tertiary/aromatic N) is 4. The van der Waals surface area contributed by atoms with Gasteiger partial charge in [0.2, 0.25) is 5.95 Å². The highest BCUT2D eigenvalue weighted by Gasteiger charge is 2.17. The van der Waals surface area contributed by atoms with Crippen LogP contribution in [0.3, 0.4) is 0 Å². The first-order valence-corrected chi connectivity index (χ1v) is 9.58. The van der Waals surface area contributed by atoms with Crippen molar-refractivity contribution < 1.29 is 4.74 Å². The summed E-state index contributed by atoms with van der Waals surface area (Å²) in [4.78, 5) is 9.38. The Kier molecular flexibility index (Phi) is 5.03. The van der Waals surface area contributed by atoms with Gasteiger partial charge in [0.15, 0.2) is 5.65 Å². The monoisotopic (exact) mass is 386 g/mol. The van der Waals surface area contributed by atoms with Crippen LogP contribution in [0.2, 0.25) is 5.02 Å². The second-order valence-electron chi connectivity index (χ2n) is 6.85. The third kappa shape index (κ3) is 3.78. The molecule has 2 N–H and O–H groups in total. The molecule has 1 aliphatic carbocycles. The molecule has 3 aromatic rings. The molecule has 7 nitrogen and oxygen atoms in total. The number of anilines is 3. The Morgan fingerprint density at radius 2 is 2.00 bits per heavy atom. The minimum Gasteiger partial charge on any atom is -0.495 e. The van der Waals surface area contributed by atoms with Crippen molar-refractivity contribution in [3.63, 3.8) is 0 Å². The van der Waals surface area contributed by atoms with Crippen molar-refractivity contribution >= 4 is 40.1 Å². The van der Waals surface area contributed by atoms with Crippen LogP contribution >= 0.6 is 11.6 Å². The molecule has 142 valence electrons. The van der Waals surface area contributed by atoms with Crippen molar-refractivity contribution in [1.29, 1.82) is 0 Å². The van der Waals surface area contributed by atoms with Crippen LogP contribution in [0.1, 0.15) is 32.1 Å². The number of methoxy groups -OCH3 is 1. The molecule has 2 aromatic heterocycles. The van der Waals surface area contributed by atoms with Gasteiger partial charge in [0, 0.05) is 18.8 Å². The Balaban J connectivity index is 1.67. The molecule has 0 aliphatic heterocycles. The molecule has 4 rings (SSSR count). The lowest BCUT2D eigenvalue weighted by molar-refractivity contribution is 0.415. The Bertz CT molecular complexity index is 951. The predicted molar refractivity (Wildman–Crippen MR) is 108 cm³/mol. The van der Waals surface area contributed by atoms with E-state index in [9.17, 15) is 0 Å². The van der Waals surface area contributed by atoms with Crippen LogP contribution in [0, 0.1) is 0 Å². The number of hydrogen-bond donors (Lipinski definition) is 2. The average Bonchev–Trinajstić information content (AvgIpc) is 3.04. The highest BCUT2D eigenvalue weighted by Crippen LogP contribution is 2.31. The van der Waals surface area contributed by atoms with Gasteiger partial charge in [0.05, 0.1) is 23.7 Å². The van der Waals surface area contributed by atoms with Crippen molar-refractivity contribution in [2.45, 2.75) is 38.1 Å². The molecule has 8 heteroatoms. The van der Waals surface area contributed by atoms with E-state index in [1.165, 1.54) is 19.3 Å². The summed E-state index contributed by atoms with van der Waals surface area (Å²) in [5.41, 5.74) is 1.61. The molecule has 1 fully saturated rings. The van der Waals surface area contributed by atoms with Crippen LogP contribution in [0.5, 0.6) is 5.75 Å². The molecule has 2 heterocycles. The number of aromatic nitrogens is 4. The molecule has 0 unspecified atom stereocenters. The molecule has 0 bridgehead atoms. The molecule has 0 saturated heterocycles. The lowest BCUT2D eigenvalue weighted by Crippen LogP contribution is -2.23. The van der Waals surface area contributed by atoms with Crippen LogP contribution < -0.4 is 15.4 Å². The number of halogens is 1. The summed E-state index contributed by atoms with van der Waals surface area (Å²) in [5, 5.41) is 12.6. The van der Waals surface area contributed by atoms with Crippen LogP contribution in [0.25, 0.3) is 11.0 Å². The highest BCUT2D eigenvalue weighted by atomic mass is 35.5. The number of hydrogen-bond acceptors (Lipinski definition) is 6. The molecule has 0 atom stereocenters.